The second kappa shape index (κ2) is 15.4. The van der Waals surface area contributed by atoms with Gasteiger partial charge in [0.2, 0.25) is 0 Å². The molecule has 2 atom stereocenters. The Morgan fingerprint density at radius 2 is 1.17 bits per heavy atom. The largest absolute Gasteiger partial charge is 0.396 e. The van der Waals surface area contributed by atoms with Crippen LogP contribution in [-0.4, -0.2) is 17.4 Å². The van der Waals surface area contributed by atoms with Crippen molar-refractivity contribution in [1.29, 1.82) is 0 Å². The molecule has 0 aromatic rings. The van der Waals surface area contributed by atoms with Crippen LogP contribution in [0.2, 0.25) is 0 Å². The zero-order valence-corrected chi connectivity index (χ0v) is 13.7. The number of rotatable bonds is 14. The van der Waals surface area contributed by atoms with Crippen LogP contribution in [0.25, 0.3) is 0 Å². The molecule has 0 aliphatic rings. The van der Waals surface area contributed by atoms with Crippen molar-refractivity contribution in [1.82, 2.24) is 0 Å². The Kier molecular flexibility index (Phi) is 15.8. The maximum Gasteiger partial charge on any atom is 0.0436 e. The maximum absolute atomic E-state index is 8.80. The summed E-state index contributed by atoms with van der Waals surface area (Å²) in [4.78, 5) is 0. The molecule has 0 fully saturated rings. The zero-order valence-electron chi connectivity index (χ0n) is 12.5. The van der Waals surface area contributed by atoms with Gasteiger partial charge in [0.05, 0.1) is 0 Å². The average molecular weight is 274 g/mol. The van der Waals surface area contributed by atoms with E-state index >= 15 is 0 Å². The molecular weight excluding hydrogens is 239 g/mol. The molecule has 0 saturated heterocycles. The third-order valence-corrected chi connectivity index (χ3v) is 4.35. The number of unbranched alkanes of at least 4 members (excludes halogenated alkanes) is 10. The van der Waals surface area contributed by atoms with Gasteiger partial charge >= 0.3 is 0 Å². The first-order valence-electron chi connectivity index (χ1n) is 8.17. The third-order valence-electron chi connectivity index (χ3n) is 3.68. The standard InChI is InChI=1S/C16H35OP/c1-2-3-4-5-6-7-8-9-10-11-12-13-16(18)14-15-17/h16-17H,2-15,18H2,1H3. The molecule has 2 heteroatoms. The van der Waals surface area contributed by atoms with Crippen LogP contribution in [0.15, 0.2) is 0 Å². The molecule has 0 rings (SSSR count). The van der Waals surface area contributed by atoms with Crippen molar-refractivity contribution in [3.05, 3.63) is 0 Å². The molecular formula is C16H35OP. The minimum Gasteiger partial charge on any atom is -0.396 e. The van der Waals surface area contributed by atoms with Gasteiger partial charge in [-0.05, 0) is 18.5 Å². The van der Waals surface area contributed by atoms with Crippen molar-refractivity contribution < 1.29 is 5.11 Å². The highest BCUT2D eigenvalue weighted by molar-refractivity contribution is 7.17. The predicted octanol–water partition coefficient (Wildman–Crippen LogP) is 5.31. The van der Waals surface area contributed by atoms with Crippen molar-refractivity contribution in [2.45, 2.75) is 96.1 Å². The Hall–Kier alpha value is 0.390. The highest BCUT2D eigenvalue weighted by Crippen LogP contribution is 2.16. The Bertz CT molecular complexity index is 150. The van der Waals surface area contributed by atoms with E-state index in [1.54, 1.807) is 0 Å². The van der Waals surface area contributed by atoms with E-state index in [2.05, 4.69) is 16.2 Å². The van der Waals surface area contributed by atoms with Crippen molar-refractivity contribution in [2.24, 2.45) is 0 Å². The minimum atomic E-state index is 0.339. The molecule has 0 bridgehead atoms. The van der Waals surface area contributed by atoms with Gasteiger partial charge in [0.1, 0.15) is 0 Å². The SMILES string of the molecule is CCCCCCCCCCCCCC(P)CCO. The number of hydrogen-bond donors (Lipinski definition) is 1. The van der Waals surface area contributed by atoms with E-state index in [0.717, 1.165) is 6.42 Å². The molecule has 0 spiro atoms. The second-order valence-corrected chi connectivity index (χ2v) is 6.54. The minimum absolute atomic E-state index is 0.339. The Balaban J connectivity index is 2.98. The molecule has 1 nitrogen and oxygen atoms in total. The monoisotopic (exact) mass is 274 g/mol. The van der Waals surface area contributed by atoms with Crippen LogP contribution in [0.5, 0.6) is 0 Å². The molecule has 0 heterocycles. The second-order valence-electron chi connectivity index (χ2n) is 5.60. The van der Waals surface area contributed by atoms with Crippen molar-refractivity contribution >= 4 is 9.24 Å². The predicted molar refractivity (Wildman–Crippen MR) is 86.3 cm³/mol. The van der Waals surface area contributed by atoms with Crippen molar-refractivity contribution in [3.63, 3.8) is 0 Å². The summed E-state index contributed by atoms with van der Waals surface area (Å²) in [6.07, 6.45) is 17.8. The summed E-state index contributed by atoms with van der Waals surface area (Å²) in [5.41, 5.74) is 0.633. The molecule has 0 saturated carbocycles. The van der Waals surface area contributed by atoms with E-state index < -0.39 is 0 Å². The highest BCUT2D eigenvalue weighted by Gasteiger charge is 2.00. The smallest absolute Gasteiger partial charge is 0.0436 e. The summed E-state index contributed by atoms with van der Waals surface area (Å²) >= 11 is 0. The maximum atomic E-state index is 8.80. The van der Waals surface area contributed by atoms with Gasteiger partial charge in [-0.25, -0.2) is 0 Å². The number of hydrogen-bond acceptors (Lipinski definition) is 1. The molecule has 110 valence electrons. The molecule has 0 aliphatic carbocycles. The van der Waals surface area contributed by atoms with Crippen molar-refractivity contribution in [3.8, 4) is 0 Å². The molecule has 18 heavy (non-hydrogen) atoms. The van der Waals surface area contributed by atoms with E-state index in [9.17, 15) is 0 Å². The Morgan fingerprint density at radius 3 is 1.61 bits per heavy atom. The van der Waals surface area contributed by atoms with Crippen LogP contribution in [0.4, 0.5) is 0 Å². The molecule has 0 amide bonds. The van der Waals surface area contributed by atoms with Crippen LogP contribution in [0.3, 0.4) is 0 Å². The van der Waals surface area contributed by atoms with Crippen LogP contribution in [0.1, 0.15) is 90.4 Å². The van der Waals surface area contributed by atoms with Gasteiger partial charge < -0.3 is 5.11 Å². The Morgan fingerprint density at radius 1 is 0.722 bits per heavy atom. The van der Waals surface area contributed by atoms with E-state index in [1.807, 2.05) is 0 Å². The summed E-state index contributed by atoms with van der Waals surface area (Å²) in [6, 6.07) is 0. The van der Waals surface area contributed by atoms with E-state index in [-0.39, 0.29) is 0 Å². The average Bonchev–Trinajstić information content (AvgIpc) is 2.36. The van der Waals surface area contributed by atoms with Gasteiger partial charge in [0.25, 0.3) is 0 Å². The summed E-state index contributed by atoms with van der Waals surface area (Å²) in [6.45, 7) is 2.62. The highest BCUT2D eigenvalue weighted by atomic mass is 31.0. The van der Waals surface area contributed by atoms with E-state index in [4.69, 9.17) is 5.11 Å². The molecule has 0 aromatic heterocycles. The summed E-state index contributed by atoms with van der Waals surface area (Å²) < 4.78 is 0. The van der Waals surface area contributed by atoms with Crippen LogP contribution in [0, 0.1) is 0 Å². The van der Waals surface area contributed by atoms with Crippen LogP contribution < -0.4 is 0 Å². The van der Waals surface area contributed by atoms with Gasteiger partial charge in [0.15, 0.2) is 0 Å². The lowest BCUT2D eigenvalue weighted by molar-refractivity contribution is 0.284. The molecule has 1 N–H and O–H groups in total. The van der Waals surface area contributed by atoms with Crippen LogP contribution >= 0.6 is 9.24 Å². The topological polar surface area (TPSA) is 20.2 Å². The van der Waals surface area contributed by atoms with Gasteiger partial charge in [-0.3, -0.25) is 0 Å². The summed E-state index contributed by atoms with van der Waals surface area (Å²) in [7, 11) is 2.85. The normalized spacial score (nSPS) is 12.8. The lowest BCUT2D eigenvalue weighted by atomic mass is 10.0. The van der Waals surface area contributed by atoms with Crippen LogP contribution in [-0.2, 0) is 0 Å². The lowest BCUT2D eigenvalue weighted by Gasteiger charge is -2.08. The fourth-order valence-electron chi connectivity index (χ4n) is 2.38. The molecule has 0 aromatic carbocycles. The first-order valence-corrected chi connectivity index (χ1v) is 8.84. The fraction of sp³-hybridized carbons (Fsp3) is 1.00. The third kappa shape index (κ3) is 14.5. The van der Waals surface area contributed by atoms with Gasteiger partial charge in [-0.15, -0.1) is 9.24 Å². The van der Waals surface area contributed by atoms with Gasteiger partial charge in [0, 0.05) is 6.61 Å². The molecule has 0 aliphatic heterocycles. The lowest BCUT2D eigenvalue weighted by Crippen LogP contribution is -2.00. The summed E-state index contributed by atoms with van der Waals surface area (Å²) in [5.74, 6) is 0. The zero-order chi connectivity index (χ0) is 13.5. The first-order chi connectivity index (χ1) is 8.81. The van der Waals surface area contributed by atoms with Gasteiger partial charge in [-0.2, -0.15) is 0 Å². The fourth-order valence-corrected chi connectivity index (χ4v) is 2.77. The first kappa shape index (κ1) is 18.4. The van der Waals surface area contributed by atoms with E-state index in [0.29, 0.717) is 12.3 Å². The van der Waals surface area contributed by atoms with Gasteiger partial charge in [-0.1, -0.05) is 77.6 Å². The molecule has 0 radical (unpaired) electrons. The quantitative estimate of drug-likeness (QED) is 0.336. The molecule has 2 unspecified atom stereocenters. The Labute approximate surface area is 117 Å². The van der Waals surface area contributed by atoms with E-state index in [1.165, 1.54) is 77.0 Å². The summed E-state index contributed by atoms with van der Waals surface area (Å²) in [5, 5.41) is 8.80. The number of aliphatic hydroxyl groups excluding tert-OH is 1. The number of aliphatic hydroxyl groups is 1. The van der Waals surface area contributed by atoms with Crippen molar-refractivity contribution in [2.75, 3.05) is 6.61 Å².